The van der Waals surface area contributed by atoms with Crippen LogP contribution in [-0.2, 0) is 0 Å². The molecule has 0 saturated heterocycles. The topological polar surface area (TPSA) is 57.8 Å². The highest BCUT2D eigenvalue weighted by Crippen LogP contribution is 2.17. The lowest BCUT2D eigenvalue weighted by atomic mass is 10.1. The summed E-state index contributed by atoms with van der Waals surface area (Å²) >= 11 is 0. The SMILES string of the molecule is C[C@H](N[C@H](C)c1nc2ccccc2c(=O)[nH]1)c1ccccc1. The Labute approximate surface area is 129 Å². The molecule has 3 aromatic rings. The molecule has 0 aliphatic rings. The molecule has 2 N–H and O–H groups in total. The van der Waals surface area contributed by atoms with Crippen LogP contribution in [0, 0.1) is 0 Å². The molecular weight excluding hydrogens is 274 g/mol. The Hall–Kier alpha value is -2.46. The van der Waals surface area contributed by atoms with Gasteiger partial charge in [-0.3, -0.25) is 4.79 Å². The number of rotatable bonds is 4. The van der Waals surface area contributed by atoms with Gasteiger partial charge < -0.3 is 10.3 Å². The minimum Gasteiger partial charge on any atom is -0.309 e. The second-order valence-corrected chi connectivity index (χ2v) is 5.49. The van der Waals surface area contributed by atoms with E-state index in [1.807, 2.05) is 43.3 Å². The maximum absolute atomic E-state index is 12.1. The van der Waals surface area contributed by atoms with Crippen molar-refractivity contribution in [2.75, 3.05) is 0 Å². The van der Waals surface area contributed by atoms with E-state index in [1.165, 1.54) is 5.56 Å². The van der Waals surface area contributed by atoms with E-state index in [2.05, 4.69) is 34.3 Å². The van der Waals surface area contributed by atoms with Crippen LogP contribution < -0.4 is 10.9 Å². The summed E-state index contributed by atoms with van der Waals surface area (Å²) in [5.41, 5.74) is 1.83. The minimum atomic E-state index is -0.0957. The van der Waals surface area contributed by atoms with Crippen LogP contribution in [0.5, 0.6) is 0 Å². The van der Waals surface area contributed by atoms with Crippen molar-refractivity contribution in [1.82, 2.24) is 15.3 Å². The fraction of sp³-hybridized carbons (Fsp3) is 0.222. The highest BCUT2D eigenvalue weighted by Gasteiger charge is 2.14. The zero-order valence-corrected chi connectivity index (χ0v) is 12.7. The van der Waals surface area contributed by atoms with Crippen molar-refractivity contribution in [3.05, 3.63) is 76.3 Å². The van der Waals surface area contributed by atoms with E-state index in [-0.39, 0.29) is 17.6 Å². The number of fused-ring (bicyclic) bond motifs is 1. The van der Waals surface area contributed by atoms with Gasteiger partial charge in [-0.15, -0.1) is 0 Å². The normalized spacial score (nSPS) is 13.9. The predicted molar refractivity (Wildman–Crippen MR) is 88.8 cm³/mol. The van der Waals surface area contributed by atoms with E-state index in [9.17, 15) is 4.79 Å². The molecular formula is C18H19N3O. The van der Waals surface area contributed by atoms with Gasteiger partial charge in [-0.1, -0.05) is 42.5 Å². The molecule has 0 bridgehead atoms. The third-order valence-corrected chi connectivity index (χ3v) is 3.84. The molecule has 1 heterocycles. The lowest BCUT2D eigenvalue weighted by molar-refractivity contribution is 0.477. The van der Waals surface area contributed by atoms with Crippen LogP contribution in [0.15, 0.2) is 59.4 Å². The van der Waals surface area contributed by atoms with Gasteiger partial charge in [0.1, 0.15) is 5.82 Å². The molecule has 2 aromatic carbocycles. The maximum atomic E-state index is 12.1. The number of hydrogen-bond donors (Lipinski definition) is 2. The summed E-state index contributed by atoms with van der Waals surface area (Å²) < 4.78 is 0. The van der Waals surface area contributed by atoms with Crippen molar-refractivity contribution in [1.29, 1.82) is 0 Å². The number of benzene rings is 2. The van der Waals surface area contributed by atoms with Crippen LogP contribution >= 0.6 is 0 Å². The zero-order valence-electron chi connectivity index (χ0n) is 12.7. The molecule has 0 saturated carbocycles. The quantitative estimate of drug-likeness (QED) is 0.775. The van der Waals surface area contributed by atoms with Crippen LogP contribution in [-0.4, -0.2) is 9.97 Å². The maximum Gasteiger partial charge on any atom is 0.258 e. The summed E-state index contributed by atoms with van der Waals surface area (Å²) in [7, 11) is 0. The van der Waals surface area contributed by atoms with Gasteiger partial charge in [-0.25, -0.2) is 4.98 Å². The van der Waals surface area contributed by atoms with Gasteiger partial charge in [0.15, 0.2) is 0 Å². The molecule has 0 radical (unpaired) electrons. The van der Waals surface area contributed by atoms with Crippen molar-refractivity contribution in [2.24, 2.45) is 0 Å². The molecule has 0 aliphatic heterocycles. The Morgan fingerprint density at radius 3 is 2.41 bits per heavy atom. The number of nitrogens with one attached hydrogen (secondary N) is 2. The summed E-state index contributed by atoms with van der Waals surface area (Å²) in [5.74, 6) is 0.659. The summed E-state index contributed by atoms with van der Waals surface area (Å²) in [6.45, 7) is 4.11. The van der Waals surface area contributed by atoms with Crippen LogP contribution in [0.3, 0.4) is 0 Å². The number of nitrogens with zero attached hydrogens (tertiary/aromatic N) is 1. The molecule has 0 amide bonds. The standard InChI is InChI=1S/C18H19N3O/c1-12(14-8-4-3-5-9-14)19-13(2)17-20-16-11-7-6-10-15(16)18(22)21-17/h3-13,19H,1-2H3,(H,20,21,22)/t12-,13+/m0/s1. The smallest absolute Gasteiger partial charge is 0.258 e. The summed E-state index contributed by atoms with van der Waals surface area (Å²) in [6.07, 6.45) is 0. The minimum absolute atomic E-state index is 0.0486. The first-order valence-corrected chi connectivity index (χ1v) is 7.45. The molecule has 0 aliphatic carbocycles. The first-order chi connectivity index (χ1) is 10.6. The van der Waals surface area contributed by atoms with Crippen molar-refractivity contribution < 1.29 is 0 Å². The number of aromatic nitrogens is 2. The fourth-order valence-electron chi connectivity index (χ4n) is 2.60. The number of para-hydroxylation sites is 1. The van der Waals surface area contributed by atoms with Crippen LogP contribution in [0.4, 0.5) is 0 Å². The Morgan fingerprint density at radius 2 is 1.64 bits per heavy atom. The van der Waals surface area contributed by atoms with E-state index in [0.717, 1.165) is 5.52 Å². The van der Waals surface area contributed by atoms with Gasteiger partial charge in [0.2, 0.25) is 0 Å². The number of hydrogen-bond acceptors (Lipinski definition) is 3. The molecule has 1 aromatic heterocycles. The van der Waals surface area contributed by atoms with Crippen molar-refractivity contribution in [3.8, 4) is 0 Å². The summed E-state index contributed by atoms with van der Waals surface area (Å²) in [6, 6.07) is 17.7. The van der Waals surface area contributed by atoms with Gasteiger partial charge in [-0.2, -0.15) is 0 Å². The van der Waals surface area contributed by atoms with E-state index in [0.29, 0.717) is 11.2 Å². The molecule has 3 rings (SSSR count). The highest BCUT2D eigenvalue weighted by molar-refractivity contribution is 5.77. The fourth-order valence-corrected chi connectivity index (χ4v) is 2.60. The number of H-pyrrole nitrogens is 1. The average molecular weight is 293 g/mol. The third kappa shape index (κ3) is 2.92. The van der Waals surface area contributed by atoms with Gasteiger partial charge in [-0.05, 0) is 31.5 Å². The molecule has 0 unspecified atom stereocenters. The summed E-state index contributed by atoms with van der Waals surface area (Å²) in [5, 5.41) is 4.09. The molecule has 0 spiro atoms. The van der Waals surface area contributed by atoms with Crippen LogP contribution in [0.1, 0.15) is 37.3 Å². The first-order valence-electron chi connectivity index (χ1n) is 7.45. The Balaban J connectivity index is 1.86. The number of aromatic amines is 1. The van der Waals surface area contributed by atoms with Gasteiger partial charge in [0.25, 0.3) is 5.56 Å². The third-order valence-electron chi connectivity index (χ3n) is 3.84. The van der Waals surface area contributed by atoms with Crippen molar-refractivity contribution in [3.63, 3.8) is 0 Å². The van der Waals surface area contributed by atoms with Gasteiger partial charge in [0.05, 0.1) is 16.9 Å². The molecule has 112 valence electrons. The van der Waals surface area contributed by atoms with Crippen molar-refractivity contribution >= 4 is 10.9 Å². The first kappa shape index (κ1) is 14.5. The monoisotopic (exact) mass is 293 g/mol. The Kier molecular flexibility index (Phi) is 4.02. The van der Waals surface area contributed by atoms with Gasteiger partial charge >= 0.3 is 0 Å². The Bertz CT molecular complexity index is 826. The largest absolute Gasteiger partial charge is 0.309 e. The molecule has 22 heavy (non-hydrogen) atoms. The summed E-state index contributed by atoms with van der Waals surface area (Å²) in [4.78, 5) is 19.6. The zero-order chi connectivity index (χ0) is 15.5. The second kappa shape index (κ2) is 6.12. The highest BCUT2D eigenvalue weighted by atomic mass is 16.1. The van der Waals surface area contributed by atoms with Crippen LogP contribution in [0.2, 0.25) is 0 Å². The van der Waals surface area contributed by atoms with E-state index < -0.39 is 0 Å². The van der Waals surface area contributed by atoms with E-state index in [4.69, 9.17) is 0 Å². The Morgan fingerprint density at radius 1 is 0.955 bits per heavy atom. The second-order valence-electron chi connectivity index (χ2n) is 5.49. The predicted octanol–water partition coefficient (Wildman–Crippen LogP) is 3.33. The van der Waals surface area contributed by atoms with E-state index >= 15 is 0 Å². The van der Waals surface area contributed by atoms with Crippen molar-refractivity contribution in [2.45, 2.75) is 25.9 Å². The van der Waals surface area contributed by atoms with Gasteiger partial charge in [0, 0.05) is 6.04 Å². The van der Waals surface area contributed by atoms with E-state index in [1.54, 1.807) is 6.07 Å². The lowest BCUT2D eigenvalue weighted by Gasteiger charge is -2.20. The molecule has 4 heteroatoms. The van der Waals surface area contributed by atoms with Crippen LogP contribution in [0.25, 0.3) is 10.9 Å². The molecule has 4 nitrogen and oxygen atoms in total. The molecule has 0 fully saturated rings. The average Bonchev–Trinajstić information content (AvgIpc) is 2.55. The molecule has 2 atom stereocenters. The lowest BCUT2D eigenvalue weighted by Crippen LogP contribution is -2.26.